The van der Waals surface area contributed by atoms with Crippen LogP contribution in [-0.4, -0.2) is 84.9 Å². The molecular formula is C30H34N6O3. The minimum atomic E-state index is -0.265. The molecule has 2 aliphatic rings. The first-order chi connectivity index (χ1) is 19.1. The van der Waals surface area contributed by atoms with Crippen molar-refractivity contribution < 1.29 is 14.4 Å². The van der Waals surface area contributed by atoms with Gasteiger partial charge in [-0.05, 0) is 48.9 Å². The summed E-state index contributed by atoms with van der Waals surface area (Å²) in [6, 6.07) is 18.6. The van der Waals surface area contributed by atoms with Crippen molar-refractivity contribution in [1.29, 1.82) is 0 Å². The van der Waals surface area contributed by atoms with Crippen molar-refractivity contribution >= 4 is 29.1 Å². The third-order valence-electron chi connectivity index (χ3n) is 7.23. The van der Waals surface area contributed by atoms with Crippen molar-refractivity contribution in [2.24, 2.45) is 0 Å². The molecule has 2 aromatic carbocycles. The summed E-state index contributed by atoms with van der Waals surface area (Å²) < 4.78 is 0. The number of carbonyl (C=O) groups excluding carboxylic acids is 3. The smallest absolute Gasteiger partial charge is 0.255 e. The number of hydrogen-bond acceptors (Lipinski definition) is 6. The fourth-order valence-corrected chi connectivity index (χ4v) is 5.05. The van der Waals surface area contributed by atoms with Crippen LogP contribution in [0.25, 0.3) is 0 Å². The van der Waals surface area contributed by atoms with E-state index in [0.717, 1.165) is 30.8 Å². The molecule has 2 aliphatic heterocycles. The lowest BCUT2D eigenvalue weighted by atomic mass is 10.1. The van der Waals surface area contributed by atoms with Crippen LogP contribution < -0.4 is 15.5 Å². The van der Waals surface area contributed by atoms with Gasteiger partial charge in [-0.1, -0.05) is 30.3 Å². The van der Waals surface area contributed by atoms with Gasteiger partial charge in [-0.25, -0.2) is 0 Å². The van der Waals surface area contributed by atoms with Crippen molar-refractivity contribution in [1.82, 2.24) is 20.1 Å². The van der Waals surface area contributed by atoms with Crippen molar-refractivity contribution in [2.75, 3.05) is 62.6 Å². The Morgan fingerprint density at radius 2 is 1.56 bits per heavy atom. The molecule has 39 heavy (non-hydrogen) atoms. The molecule has 0 saturated carbocycles. The third-order valence-corrected chi connectivity index (χ3v) is 7.23. The van der Waals surface area contributed by atoms with Crippen LogP contribution in [-0.2, 0) is 11.2 Å². The Labute approximate surface area is 228 Å². The zero-order valence-electron chi connectivity index (χ0n) is 22.0. The number of piperazine rings is 1. The Morgan fingerprint density at radius 1 is 0.795 bits per heavy atom. The molecule has 2 saturated heterocycles. The summed E-state index contributed by atoms with van der Waals surface area (Å²) in [6.07, 6.45) is 4.45. The van der Waals surface area contributed by atoms with E-state index < -0.39 is 0 Å². The number of benzene rings is 2. The Balaban J connectivity index is 1.33. The van der Waals surface area contributed by atoms with Gasteiger partial charge in [0.15, 0.2) is 0 Å². The predicted octanol–water partition coefficient (Wildman–Crippen LogP) is 2.66. The molecule has 0 unspecified atom stereocenters. The van der Waals surface area contributed by atoms with Crippen LogP contribution in [0.5, 0.6) is 0 Å². The van der Waals surface area contributed by atoms with Gasteiger partial charge in [0.25, 0.3) is 11.8 Å². The van der Waals surface area contributed by atoms with Crippen LogP contribution in [0.4, 0.5) is 11.4 Å². The van der Waals surface area contributed by atoms with Gasteiger partial charge in [0, 0.05) is 69.3 Å². The van der Waals surface area contributed by atoms with Crippen molar-refractivity contribution in [3.8, 4) is 0 Å². The van der Waals surface area contributed by atoms with Gasteiger partial charge in [0.05, 0.1) is 17.8 Å². The summed E-state index contributed by atoms with van der Waals surface area (Å²) in [7, 11) is 0. The molecule has 3 amide bonds. The molecule has 0 aliphatic carbocycles. The molecule has 9 nitrogen and oxygen atoms in total. The van der Waals surface area contributed by atoms with Gasteiger partial charge in [-0.3, -0.25) is 19.4 Å². The maximum Gasteiger partial charge on any atom is 0.255 e. The lowest BCUT2D eigenvalue weighted by Crippen LogP contribution is -2.49. The van der Waals surface area contributed by atoms with Gasteiger partial charge < -0.3 is 25.3 Å². The molecule has 202 valence electrons. The highest BCUT2D eigenvalue weighted by atomic mass is 16.2. The Morgan fingerprint density at radius 3 is 2.33 bits per heavy atom. The summed E-state index contributed by atoms with van der Waals surface area (Å²) in [6.45, 7) is 5.45. The van der Waals surface area contributed by atoms with Crippen molar-refractivity contribution in [3.63, 3.8) is 0 Å². The van der Waals surface area contributed by atoms with Gasteiger partial charge in [0.1, 0.15) is 0 Å². The average molecular weight is 527 g/mol. The van der Waals surface area contributed by atoms with Gasteiger partial charge in [0.2, 0.25) is 5.91 Å². The molecule has 3 aromatic rings. The Hall–Kier alpha value is -4.24. The van der Waals surface area contributed by atoms with Gasteiger partial charge >= 0.3 is 0 Å². The molecular weight excluding hydrogens is 492 g/mol. The van der Waals surface area contributed by atoms with Crippen molar-refractivity contribution in [3.05, 3.63) is 89.7 Å². The number of amides is 3. The zero-order valence-corrected chi connectivity index (χ0v) is 22.0. The quantitative estimate of drug-likeness (QED) is 0.513. The predicted molar refractivity (Wildman–Crippen MR) is 151 cm³/mol. The van der Waals surface area contributed by atoms with Crippen LogP contribution in [0.1, 0.15) is 32.7 Å². The SMILES string of the molecule is O=C(Nc1cc(C(=O)N2CCCNCC2)ccc1N1CCN(C(=O)Cc2ccccc2)CC1)c1ccncc1. The van der Waals surface area contributed by atoms with E-state index in [9.17, 15) is 14.4 Å². The first kappa shape index (κ1) is 26.4. The molecule has 3 heterocycles. The summed E-state index contributed by atoms with van der Waals surface area (Å²) in [5.41, 5.74) is 3.46. The highest BCUT2D eigenvalue weighted by Gasteiger charge is 2.25. The summed E-state index contributed by atoms with van der Waals surface area (Å²) >= 11 is 0. The summed E-state index contributed by atoms with van der Waals surface area (Å²) in [4.78, 5) is 49.2. The maximum absolute atomic E-state index is 13.3. The number of anilines is 2. The standard InChI is InChI=1S/C30H34N6O3/c37-28(21-23-5-2-1-3-6-23)35-19-17-34(18-20-35)27-8-7-25(30(39)36-15-4-11-31-14-16-36)22-26(27)33-29(38)24-9-12-32-13-10-24/h1-3,5-10,12-13,22,31H,4,11,14-21H2,(H,33,38). The number of nitrogens with one attached hydrogen (secondary N) is 2. The van der Waals surface area contributed by atoms with E-state index in [1.165, 1.54) is 0 Å². The largest absolute Gasteiger partial charge is 0.366 e. The summed E-state index contributed by atoms with van der Waals surface area (Å²) in [5, 5.41) is 6.35. The molecule has 2 fully saturated rings. The second-order valence-electron chi connectivity index (χ2n) is 9.85. The highest BCUT2D eigenvalue weighted by Crippen LogP contribution is 2.30. The van der Waals surface area contributed by atoms with Gasteiger partial charge in [-0.15, -0.1) is 0 Å². The number of aromatic nitrogens is 1. The fourth-order valence-electron chi connectivity index (χ4n) is 5.05. The second kappa shape index (κ2) is 12.5. The first-order valence-corrected chi connectivity index (χ1v) is 13.5. The molecule has 9 heteroatoms. The molecule has 1 aromatic heterocycles. The number of nitrogens with zero attached hydrogens (tertiary/aromatic N) is 4. The third kappa shape index (κ3) is 6.61. The topological polar surface area (TPSA) is 97.9 Å². The van der Waals surface area contributed by atoms with Crippen LogP contribution in [0, 0.1) is 0 Å². The Bertz CT molecular complexity index is 1280. The van der Waals surface area contributed by atoms with E-state index in [0.29, 0.717) is 62.5 Å². The lowest BCUT2D eigenvalue weighted by molar-refractivity contribution is -0.130. The minimum Gasteiger partial charge on any atom is -0.366 e. The molecule has 0 radical (unpaired) electrons. The van der Waals surface area contributed by atoms with E-state index >= 15 is 0 Å². The molecule has 0 atom stereocenters. The number of pyridine rings is 1. The molecule has 5 rings (SSSR count). The monoisotopic (exact) mass is 526 g/mol. The average Bonchev–Trinajstić information content (AvgIpc) is 3.28. The van der Waals surface area contributed by atoms with Crippen LogP contribution in [0.15, 0.2) is 73.1 Å². The van der Waals surface area contributed by atoms with E-state index in [1.54, 1.807) is 30.6 Å². The highest BCUT2D eigenvalue weighted by molar-refractivity contribution is 6.07. The normalized spacial score (nSPS) is 15.9. The minimum absolute atomic E-state index is 0.0408. The second-order valence-corrected chi connectivity index (χ2v) is 9.85. The zero-order chi connectivity index (χ0) is 27.0. The number of carbonyl (C=O) groups is 3. The van der Waals surface area contributed by atoms with Crippen LogP contribution in [0.2, 0.25) is 0 Å². The van der Waals surface area contributed by atoms with E-state index in [-0.39, 0.29) is 17.7 Å². The molecule has 2 N–H and O–H groups in total. The first-order valence-electron chi connectivity index (χ1n) is 13.5. The van der Waals surface area contributed by atoms with Crippen LogP contribution in [0.3, 0.4) is 0 Å². The maximum atomic E-state index is 13.3. The number of hydrogen-bond donors (Lipinski definition) is 2. The van der Waals surface area contributed by atoms with E-state index in [2.05, 4.69) is 20.5 Å². The number of rotatable bonds is 6. The van der Waals surface area contributed by atoms with E-state index in [1.807, 2.05) is 52.3 Å². The van der Waals surface area contributed by atoms with Gasteiger partial charge in [-0.2, -0.15) is 0 Å². The van der Waals surface area contributed by atoms with E-state index in [4.69, 9.17) is 0 Å². The Kier molecular flexibility index (Phi) is 8.48. The fraction of sp³-hybridized carbons (Fsp3) is 0.333. The molecule has 0 spiro atoms. The molecule has 0 bridgehead atoms. The van der Waals surface area contributed by atoms with Crippen molar-refractivity contribution in [2.45, 2.75) is 12.8 Å². The summed E-state index contributed by atoms with van der Waals surface area (Å²) in [5.74, 6) is -0.195. The van der Waals surface area contributed by atoms with Crippen LogP contribution >= 0.6 is 0 Å². The lowest BCUT2D eigenvalue weighted by Gasteiger charge is -2.37.